The Hall–Kier alpha value is -7.78. The Bertz CT molecular complexity index is 4050. The Balaban J connectivity index is 1.04. The maximum atomic E-state index is 2.60. The smallest absolute Gasteiger partial charge is 0.0538 e. The Morgan fingerprint density at radius 2 is 1.08 bits per heavy atom. The third-order valence-corrected chi connectivity index (χ3v) is 15.7. The van der Waals surface area contributed by atoms with Gasteiger partial charge in [-0.1, -0.05) is 188 Å². The van der Waals surface area contributed by atoms with Crippen molar-refractivity contribution in [3.8, 4) is 22.3 Å². The third kappa shape index (κ3) is 5.58. The van der Waals surface area contributed by atoms with Gasteiger partial charge in [0.25, 0.3) is 0 Å². The van der Waals surface area contributed by atoms with Gasteiger partial charge in [0.05, 0.1) is 11.0 Å². The van der Waals surface area contributed by atoms with Crippen LogP contribution in [0.2, 0.25) is 0 Å². The maximum Gasteiger partial charge on any atom is 0.0538 e. The lowest BCUT2D eigenvalue weighted by Crippen LogP contribution is -2.41. The topological polar surface area (TPSA) is 4.93 Å². The minimum absolute atomic E-state index is 0.124. The predicted molar refractivity (Wildman–Crippen MR) is 283 cm³/mol. The fraction of sp³-hybridized carbons (Fsp3) is 0.0625. The minimum Gasteiger partial charge on any atom is -0.312 e. The first kappa shape index (κ1) is 37.6. The first-order valence-electron chi connectivity index (χ1n) is 23.3. The fourth-order valence-corrected chi connectivity index (χ4v) is 13.0. The van der Waals surface area contributed by atoms with Gasteiger partial charge in [0.1, 0.15) is 0 Å². The lowest BCUT2D eigenvalue weighted by Gasteiger charge is -2.34. The first-order valence-corrected chi connectivity index (χ1v) is 24.1. The number of hydrogen-bond donors (Lipinski definition) is 0. The average molecular weight is 858 g/mol. The average Bonchev–Trinajstić information content (AvgIpc) is 3.93. The Kier molecular flexibility index (Phi) is 8.48. The van der Waals surface area contributed by atoms with Gasteiger partial charge in [0.2, 0.25) is 0 Å². The van der Waals surface area contributed by atoms with Crippen molar-refractivity contribution in [2.45, 2.75) is 12.8 Å². The molecule has 0 saturated heterocycles. The summed E-state index contributed by atoms with van der Waals surface area (Å²) in [6.07, 6.45) is 18.7. The van der Waals surface area contributed by atoms with Crippen LogP contribution in [-0.4, -0.2) is 4.57 Å². The van der Waals surface area contributed by atoms with Gasteiger partial charge in [0, 0.05) is 53.7 Å². The van der Waals surface area contributed by atoms with Gasteiger partial charge in [-0.15, -0.1) is 11.3 Å². The van der Waals surface area contributed by atoms with Crippen LogP contribution in [0.15, 0.2) is 225 Å². The molecule has 66 heavy (non-hydrogen) atoms. The highest BCUT2D eigenvalue weighted by Gasteiger charge is 2.34. The second-order valence-corrected chi connectivity index (χ2v) is 19.2. The SMILES string of the molecule is C1=CC2C(c3cccc4sc5ccc(-c6c7ccccc7c(-c7ccccc7)c7ccccc67)cc5c34)=c3ccccc3=C(n3c4ccccc4c4cc(C5=CCCC=C5)ccc43)C2C=C1. The second kappa shape index (κ2) is 14.9. The molecule has 14 rings (SSSR count). The molecule has 1 nitrogen and oxygen atoms in total. The molecular weight excluding hydrogens is 815 g/mol. The van der Waals surface area contributed by atoms with Crippen LogP contribution in [-0.2, 0) is 0 Å². The molecule has 0 aliphatic heterocycles. The molecule has 9 aromatic carbocycles. The molecule has 11 aromatic rings. The van der Waals surface area contributed by atoms with Crippen LogP contribution >= 0.6 is 11.3 Å². The molecule has 0 N–H and O–H groups in total. The molecule has 0 saturated carbocycles. The number of fused-ring (bicyclic) bond motifs is 10. The molecule has 3 aliphatic rings. The van der Waals surface area contributed by atoms with E-state index in [0.29, 0.717) is 0 Å². The molecule has 2 unspecified atom stereocenters. The number of benzene rings is 9. The molecule has 2 heterocycles. The number of rotatable bonds is 5. The van der Waals surface area contributed by atoms with Crippen molar-refractivity contribution < 1.29 is 0 Å². The van der Waals surface area contributed by atoms with E-state index in [4.69, 9.17) is 0 Å². The molecule has 3 aliphatic carbocycles. The highest BCUT2D eigenvalue weighted by molar-refractivity contribution is 7.25. The molecule has 2 atom stereocenters. The van der Waals surface area contributed by atoms with E-state index in [1.54, 1.807) is 0 Å². The summed E-state index contributed by atoms with van der Waals surface area (Å²) in [4.78, 5) is 0. The van der Waals surface area contributed by atoms with Gasteiger partial charge in [-0.2, -0.15) is 0 Å². The zero-order valence-corrected chi connectivity index (χ0v) is 37.1. The first-order chi connectivity index (χ1) is 32.8. The minimum atomic E-state index is 0.124. The summed E-state index contributed by atoms with van der Waals surface area (Å²) in [5.74, 6) is 0.259. The number of hydrogen-bond acceptors (Lipinski definition) is 1. The summed E-state index contributed by atoms with van der Waals surface area (Å²) < 4.78 is 5.23. The van der Waals surface area contributed by atoms with Gasteiger partial charge in [0.15, 0.2) is 0 Å². The van der Waals surface area contributed by atoms with Gasteiger partial charge in [-0.3, -0.25) is 0 Å². The monoisotopic (exact) mass is 857 g/mol. The van der Waals surface area contributed by atoms with E-state index in [1.807, 2.05) is 11.3 Å². The van der Waals surface area contributed by atoms with E-state index in [0.717, 1.165) is 12.8 Å². The summed E-state index contributed by atoms with van der Waals surface area (Å²) in [7, 11) is 0. The zero-order chi connectivity index (χ0) is 43.3. The quantitative estimate of drug-likeness (QED) is 0.152. The Labute approximate surface area is 387 Å². The van der Waals surface area contributed by atoms with E-state index in [-0.39, 0.29) is 11.8 Å². The van der Waals surface area contributed by atoms with Crippen LogP contribution in [0.3, 0.4) is 0 Å². The molecule has 2 heteroatoms. The molecule has 0 spiro atoms. The van der Waals surface area contributed by atoms with Crippen LogP contribution in [0.4, 0.5) is 0 Å². The van der Waals surface area contributed by atoms with Crippen molar-refractivity contribution >= 4 is 91.7 Å². The van der Waals surface area contributed by atoms with Gasteiger partial charge < -0.3 is 4.57 Å². The second-order valence-electron chi connectivity index (χ2n) is 18.1. The molecule has 0 radical (unpaired) electrons. The summed E-state index contributed by atoms with van der Waals surface area (Å²) in [5.41, 5.74) is 14.3. The van der Waals surface area contributed by atoms with Crippen LogP contribution in [0.1, 0.15) is 24.0 Å². The molecule has 0 bridgehead atoms. The van der Waals surface area contributed by atoms with Gasteiger partial charge in [-0.05, 0) is 121 Å². The van der Waals surface area contributed by atoms with E-state index >= 15 is 0 Å². The van der Waals surface area contributed by atoms with Crippen LogP contribution < -0.4 is 10.4 Å². The van der Waals surface area contributed by atoms with Crippen molar-refractivity contribution in [2.75, 3.05) is 0 Å². The van der Waals surface area contributed by atoms with Crippen LogP contribution in [0, 0.1) is 11.8 Å². The van der Waals surface area contributed by atoms with Gasteiger partial charge in [-0.25, -0.2) is 0 Å². The number of allylic oxidation sites excluding steroid dienone is 8. The van der Waals surface area contributed by atoms with E-state index in [2.05, 4.69) is 229 Å². The van der Waals surface area contributed by atoms with Crippen molar-refractivity contribution in [3.63, 3.8) is 0 Å². The van der Waals surface area contributed by atoms with Crippen molar-refractivity contribution in [2.24, 2.45) is 11.8 Å². The predicted octanol–water partition coefficient (Wildman–Crippen LogP) is 15.8. The van der Waals surface area contributed by atoms with E-state index < -0.39 is 0 Å². The van der Waals surface area contributed by atoms with Crippen LogP contribution in [0.25, 0.3) is 103 Å². The highest BCUT2D eigenvalue weighted by Crippen LogP contribution is 2.48. The number of para-hydroxylation sites is 1. The number of thiophene rings is 1. The number of aromatic nitrogens is 1. The van der Waals surface area contributed by atoms with Crippen molar-refractivity contribution in [1.29, 1.82) is 0 Å². The third-order valence-electron chi connectivity index (χ3n) is 14.6. The summed E-state index contributed by atoms with van der Waals surface area (Å²) in [5, 5.41) is 13.0. The standard InChI is InChI=1S/C64H43NS/c1-3-18-40(19-4-1)42-34-36-57-54(38-42)44-22-15-16-32-56(44)65(57)64-51-29-13-11-27-49(51)62(50-28-12-14-30-52(50)64)53-31-17-33-59-63(53)55-39-43(35-37-58(55)66-59)61-47-25-9-7-23-45(47)60(41-20-5-2-6-21-41)46-24-8-10-26-48(46)61/h2-3,5-39,49,51H,1,4H2. The zero-order valence-electron chi connectivity index (χ0n) is 36.3. The summed E-state index contributed by atoms with van der Waals surface area (Å²) >= 11 is 1.91. The van der Waals surface area contributed by atoms with E-state index in [1.165, 1.54) is 124 Å². The Morgan fingerprint density at radius 3 is 1.83 bits per heavy atom. The Morgan fingerprint density at radius 1 is 0.439 bits per heavy atom. The molecule has 0 amide bonds. The fourth-order valence-electron chi connectivity index (χ4n) is 11.8. The van der Waals surface area contributed by atoms with Crippen molar-refractivity contribution in [1.82, 2.24) is 4.57 Å². The van der Waals surface area contributed by atoms with E-state index in [9.17, 15) is 0 Å². The summed E-state index contributed by atoms with van der Waals surface area (Å²) in [6.45, 7) is 0. The normalized spacial score (nSPS) is 16.8. The lowest BCUT2D eigenvalue weighted by atomic mass is 9.73. The van der Waals surface area contributed by atoms with Gasteiger partial charge >= 0.3 is 0 Å². The highest BCUT2D eigenvalue weighted by atomic mass is 32.1. The molecule has 2 aromatic heterocycles. The maximum absolute atomic E-state index is 2.60. The largest absolute Gasteiger partial charge is 0.312 e. The number of nitrogens with zero attached hydrogens (tertiary/aromatic N) is 1. The van der Waals surface area contributed by atoms with Crippen LogP contribution in [0.5, 0.6) is 0 Å². The molecule has 0 fully saturated rings. The summed E-state index contributed by atoms with van der Waals surface area (Å²) in [6, 6.07) is 68.5. The molecular formula is C64H43NS. The lowest BCUT2D eigenvalue weighted by molar-refractivity contribution is 0.663. The molecule has 310 valence electrons. The van der Waals surface area contributed by atoms with Crippen molar-refractivity contribution in [3.05, 3.63) is 246 Å².